The van der Waals surface area contributed by atoms with E-state index in [-0.39, 0.29) is 5.78 Å². The molecular formula is C14H18BFO3. The number of carbonyl (C=O) groups is 1. The molecule has 1 fully saturated rings. The lowest BCUT2D eigenvalue weighted by Gasteiger charge is -2.32. The number of ketones is 1. The largest absolute Gasteiger partial charge is 0.497 e. The average Bonchev–Trinajstić information content (AvgIpc) is 2.47. The van der Waals surface area contributed by atoms with E-state index < -0.39 is 24.1 Å². The molecule has 0 radical (unpaired) electrons. The van der Waals surface area contributed by atoms with Crippen LogP contribution >= 0.6 is 0 Å². The van der Waals surface area contributed by atoms with Gasteiger partial charge in [-0.05, 0) is 40.7 Å². The van der Waals surface area contributed by atoms with E-state index >= 15 is 0 Å². The number of hydrogen-bond donors (Lipinski definition) is 0. The van der Waals surface area contributed by atoms with E-state index in [0.717, 1.165) is 0 Å². The summed E-state index contributed by atoms with van der Waals surface area (Å²) in [5.41, 5.74) is -0.353. The maximum absolute atomic E-state index is 14.1. The quantitative estimate of drug-likeness (QED) is 0.607. The Morgan fingerprint density at radius 3 is 2.11 bits per heavy atom. The first-order valence-electron chi connectivity index (χ1n) is 6.30. The molecule has 0 spiro atoms. The first-order valence-corrected chi connectivity index (χ1v) is 6.30. The van der Waals surface area contributed by atoms with Crippen molar-refractivity contribution in [1.82, 2.24) is 0 Å². The maximum atomic E-state index is 14.1. The van der Waals surface area contributed by atoms with E-state index in [1.165, 1.54) is 13.0 Å². The summed E-state index contributed by atoms with van der Waals surface area (Å²) >= 11 is 0. The van der Waals surface area contributed by atoms with Gasteiger partial charge >= 0.3 is 7.12 Å². The van der Waals surface area contributed by atoms with Crippen molar-refractivity contribution in [2.45, 2.75) is 45.8 Å². The number of Topliss-reactive ketones (excluding diaryl/α,β-unsaturated/α-hetero) is 1. The molecule has 0 atom stereocenters. The lowest BCUT2D eigenvalue weighted by molar-refractivity contribution is 0.00578. The van der Waals surface area contributed by atoms with Crippen LogP contribution in [-0.4, -0.2) is 24.1 Å². The second-order valence-corrected chi connectivity index (χ2v) is 5.88. The minimum Gasteiger partial charge on any atom is -0.399 e. The zero-order chi connectivity index (χ0) is 14.4. The monoisotopic (exact) mass is 264 g/mol. The molecule has 0 aromatic heterocycles. The van der Waals surface area contributed by atoms with Crippen LogP contribution in [0.2, 0.25) is 0 Å². The Bertz CT molecular complexity index is 509. The van der Waals surface area contributed by atoms with Crippen LogP contribution < -0.4 is 5.46 Å². The van der Waals surface area contributed by atoms with E-state index in [2.05, 4.69) is 0 Å². The molecule has 0 bridgehead atoms. The van der Waals surface area contributed by atoms with Crippen LogP contribution in [0.4, 0.5) is 4.39 Å². The van der Waals surface area contributed by atoms with E-state index in [4.69, 9.17) is 9.31 Å². The molecule has 1 aromatic carbocycles. The first-order chi connectivity index (χ1) is 8.64. The van der Waals surface area contributed by atoms with Gasteiger partial charge < -0.3 is 9.31 Å². The molecule has 0 aliphatic carbocycles. The summed E-state index contributed by atoms with van der Waals surface area (Å²) in [5.74, 6) is -0.648. The fourth-order valence-electron chi connectivity index (χ4n) is 1.91. The van der Waals surface area contributed by atoms with E-state index in [0.29, 0.717) is 11.0 Å². The van der Waals surface area contributed by atoms with Crippen molar-refractivity contribution in [2.24, 2.45) is 0 Å². The number of carbonyl (C=O) groups excluding carboxylic acids is 1. The summed E-state index contributed by atoms with van der Waals surface area (Å²) in [4.78, 5) is 11.2. The fraction of sp³-hybridized carbons (Fsp3) is 0.500. The van der Waals surface area contributed by atoms with E-state index in [9.17, 15) is 9.18 Å². The second-order valence-electron chi connectivity index (χ2n) is 5.88. The highest BCUT2D eigenvalue weighted by molar-refractivity contribution is 6.62. The third-order valence-corrected chi connectivity index (χ3v) is 3.91. The first kappa shape index (κ1) is 14.2. The van der Waals surface area contributed by atoms with Gasteiger partial charge in [-0.3, -0.25) is 4.79 Å². The molecule has 1 aromatic rings. The highest BCUT2D eigenvalue weighted by Crippen LogP contribution is 2.36. The SMILES string of the molecule is CC(=O)c1ccc(B2OC(C)(C)C(C)(C)O2)c(F)c1. The summed E-state index contributed by atoms with van der Waals surface area (Å²) in [5, 5.41) is 0. The number of benzene rings is 1. The predicted molar refractivity (Wildman–Crippen MR) is 72.1 cm³/mol. The standard InChI is InChI=1S/C14H18BFO3/c1-9(17)10-6-7-11(12(16)8-10)15-18-13(2,3)14(4,5)19-15/h6-8H,1-5H3. The minimum absolute atomic E-state index is 0.167. The summed E-state index contributed by atoms with van der Waals surface area (Å²) in [6, 6.07) is 4.36. The maximum Gasteiger partial charge on any atom is 0.497 e. The summed E-state index contributed by atoms with van der Waals surface area (Å²) < 4.78 is 25.6. The van der Waals surface area contributed by atoms with Crippen LogP contribution in [0, 0.1) is 5.82 Å². The number of rotatable bonds is 2. The van der Waals surface area contributed by atoms with Gasteiger partial charge in [0.05, 0.1) is 11.2 Å². The normalized spacial score (nSPS) is 20.6. The molecule has 0 unspecified atom stereocenters. The molecule has 1 saturated heterocycles. The highest BCUT2D eigenvalue weighted by Gasteiger charge is 2.52. The Balaban J connectivity index is 2.33. The lowest BCUT2D eigenvalue weighted by Crippen LogP contribution is -2.41. The van der Waals surface area contributed by atoms with E-state index in [1.807, 2.05) is 27.7 Å². The zero-order valence-electron chi connectivity index (χ0n) is 11.9. The third-order valence-electron chi connectivity index (χ3n) is 3.91. The van der Waals surface area contributed by atoms with Crippen LogP contribution in [-0.2, 0) is 9.31 Å². The minimum atomic E-state index is -0.744. The Labute approximate surface area is 113 Å². The van der Waals surface area contributed by atoms with Crippen LogP contribution in [0.3, 0.4) is 0 Å². The molecule has 3 nitrogen and oxygen atoms in total. The van der Waals surface area contributed by atoms with Gasteiger partial charge in [-0.1, -0.05) is 12.1 Å². The van der Waals surface area contributed by atoms with Crippen LogP contribution in [0.1, 0.15) is 45.0 Å². The van der Waals surface area contributed by atoms with Crippen LogP contribution in [0.15, 0.2) is 18.2 Å². The van der Waals surface area contributed by atoms with Crippen molar-refractivity contribution < 1.29 is 18.5 Å². The van der Waals surface area contributed by atoms with Crippen molar-refractivity contribution >= 4 is 18.4 Å². The third kappa shape index (κ3) is 2.45. The Morgan fingerprint density at radius 1 is 1.16 bits per heavy atom. The van der Waals surface area contributed by atoms with Gasteiger partial charge in [-0.25, -0.2) is 4.39 Å². The van der Waals surface area contributed by atoms with Crippen LogP contribution in [0.5, 0.6) is 0 Å². The zero-order valence-corrected chi connectivity index (χ0v) is 11.9. The van der Waals surface area contributed by atoms with Gasteiger partial charge in [0.15, 0.2) is 5.78 Å². The molecular weight excluding hydrogens is 246 g/mol. The van der Waals surface area contributed by atoms with Crippen molar-refractivity contribution in [3.63, 3.8) is 0 Å². The lowest BCUT2D eigenvalue weighted by atomic mass is 9.78. The summed E-state index contributed by atoms with van der Waals surface area (Å²) in [7, 11) is -0.744. The van der Waals surface area contributed by atoms with Crippen LogP contribution in [0.25, 0.3) is 0 Å². The fourth-order valence-corrected chi connectivity index (χ4v) is 1.91. The molecule has 102 valence electrons. The van der Waals surface area contributed by atoms with Gasteiger partial charge in [0, 0.05) is 11.0 Å². The summed E-state index contributed by atoms with van der Waals surface area (Å²) in [6.45, 7) is 9.05. The second kappa shape index (κ2) is 4.42. The van der Waals surface area contributed by atoms with E-state index in [1.54, 1.807) is 12.1 Å². The van der Waals surface area contributed by atoms with Gasteiger partial charge in [-0.2, -0.15) is 0 Å². The molecule has 0 N–H and O–H groups in total. The molecule has 1 aliphatic heterocycles. The van der Waals surface area contributed by atoms with Gasteiger partial charge in [-0.15, -0.1) is 0 Å². The number of halogens is 1. The van der Waals surface area contributed by atoms with Gasteiger partial charge in [0.1, 0.15) is 5.82 Å². The van der Waals surface area contributed by atoms with Crippen molar-refractivity contribution in [3.8, 4) is 0 Å². The number of hydrogen-bond acceptors (Lipinski definition) is 3. The van der Waals surface area contributed by atoms with Gasteiger partial charge in [0.2, 0.25) is 0 Å². The molecule has 1 heterocycles. The molecule has 2 rings (SSSR count). The molecule has 19 heavy (non-hydrogen) atoms. The average molecular weight is 264 g/mol. The van der Waals surface area contributed by atoms with Gasteiger partial charge in [0.25, 0.3) is 0 Å². The molecule has 1 aliphatic rings. The van der Waals surface area contributed by atoms with Crippen molar-refractivity contribution in [3.05, 3.63) is 29.6 Å². The smallest absolute Gasteiger partial charge is 0.399 e. The summed E-state index contributed by atoms with van der Waals surface area (Å²) in [6.07, 6.45) is 0. The van der Waals surface area contributed by atoms with Crippen molar-refractivity contribution in [1.29, 1.82) is 0 Å². The molecule has 0 amide bonds. The van der Waals surface area contributed by atoms with Crippen molar-refractivity contribution in [2.75, 3.05) is 0 Å². The Kier molecular flexibility index (Phi) is 3.31. The predicted octanol–water partition coefficient (Wildman–Crippen LogP) is 2.33. The molecule has 5 heteroatoms. The highest BCUT2D eigenvalue weighted by atomic mass is 19.1. The molecule has 0 saturated carbocycles. The Morgan fingerprint density at radius 2 is 1.68 bits per heavy atom. The topological polar surface area (TPSA) is 35.5 Å². The Hall–Kier alpha value is -1.20.